The number of hydrogen-bond acceptors (Lipinski definition) is 3. The van der Waals surface area contributed by atoms with Gasteiger partial charge in [0.25, 0.3) is 0 Å². The normalized spacial score (nSPS) is 21.0. The van der Waals surface area contributed by atoms with Gasteiger partial charge in [-0.25, -0.2) is 4.79 Å². The molecule has 0 bridgehead atoms. The number of anilines is 1. The van der Waals surface area contributed by atoms with Crippen LogP contribution in [0.4, 0.5) is 10.5 Å². The van der Waals surface area contributed by atoms with Gasteiger partial charge in [0.1, 0.15) is 0 Å². The molecule has 6 nitrogen and oxygen atoms in total. The molecule has 22 heavy (non-hydrogen) atoms. The zero-order chi connectivity index (χ0) is 15.4. The highest BCUT2D eigenvalue weighted by molar-refractivity contribution is 5.89. The zero-order valence-corrected chi connectivity index (χ0v) is 13.5. The van der Waals surface area contributed by atoms with Crippen LogP contribution in [0, 0.1) is 5.92 Å². The van der Waals surface area contributed by atoms with Crippen LogP contribution in [0.15, 0.2) is 12.4 Å². The summed E-state index contributed by atoms with van der Waals surface area (Å²) in [4.78, 5) is 16.7. The zero-order valence-electron chi connectivity index (χ0n) is 13.5. The number of rotatable bonds is 3. The third-order valence-electron chi connectivity index (χ3n) is 4.86. The predicted octanol–water partition coefficient (Wildman–Crippen LogP) is 2.15. The molecule has 3 rings (SSSR count). The van der Waals surface area contributed by atoms with E-state index < -0.39 is 0 Å². The lowest BCUT2D eigenvalue weighted by Gasteiger charge is -2.37. The molecule has 1 saturated heterocycles. The maximum absolute atomic E-state index is 12.2. The minimum atomic E-state index is -0.00897. The predicted molar refractivity (Wildman–Crippen MR) is 86.8 cm³/mol. The van der Waals surface area contributed by atoms with Crippen molar-refractivity contribution in [3.63, 3.8) is 0 Å². The first-order valence-corrected chi connectivity index (χ1v) is 8.47. The number of carbonyl (C=O) groups is 1. The molecule has 1 N–H and O–H groups in total. The van der Waals surface area contributed by atoms with E-state index in [4.69, 9.17) is 0 Å². The van der Waals surface area contributed by atoms with Gasteiger partial charge in [-0.3, -0.25) is 9.58 Å². The Balaban J connectivity index is 1.41. The summed E-state index contributed by atoms with van der Waals surface area (Å²) in [6.07, 6.45) is 10.5. The topological polar surface area (TPSA) is 53.4 Å². The molecule has 0 atom stereocenters. The summed E-state index contributed by atoms with van der Waals surface area (Å²) >= 11 is 0. The maximum atomic E-state index is 12.2. The van der Waals surface area contributed by atoms with E-state index in [9.17, 15) is 4.79 Å². The number of urea groups is 1. The van der Waals surface area contributed by atoms with Gasteiger partial charge < -0.3 is 10.2 Å². The van der Waals surface area contributed by atoms with Crippen molar-refractivity contribution < 1.29 is 4.79 Å². The van der Waals surface area contributed by atoms with Gasteiger partial charge in [-0.05, 0) is 18.8 Å². The highest BCUT2D eigenvalue weighted by Crippen LogP contribution is 2.24. The SMILES string of the molecule is Cn1cc(NC(=O)N2CCN(CC3CCCCC3)CC2)cn1. The van der Waals surface area contributed by atoms with Gasteiger partial charge in [-0.2, -0.15) is 5.10 Å². The second kappa shape index (κ2) is 7.13. The third kappa shape index (κ3) is 4.00. The van der Waals surface area contributed by atoms with Crippen LogP contribution >= 0.6 is 0 Å². The first-order chi connectivity index (χ1) is 10.7. The van der Waals surface area contributed by atoms with Crippen molar-refractivity contribution >= 4 is 11.7 Å². The van der Waals surface area contributed by atoms with E-state index in [1.165, 1.54) is 38.6 Å². The van der Waals surface area contributed by atoms with Crippen LogP contribution in [-0.4, -0.2) is 58.3 Å². The Morgan fingerprint density at radius 2 is 1.95 bits per heavy atom. The fourth-order valence-electron chi connectivity index (χ4n) is 3.56. The van der Waals surface area contributed by atoms with E-state index in [1.54, 1.807) is 10.9 Å². The summed E-state index contributed by atoms with van der Waals surface area (Å²) < 4.78 is 1.69. The monoisotopic (exact) mass is 305 g/mol. The summed E-state index contributed by atoms with van der Waals surface area (Å²) in [6, 6.07) is -0.00897. The molecule has 0 radical (unpaired) electrons. The smallest absolute Gasteiger partial charge is 0.322 e. The summed E-state index contributed by atoms with van der Waals surface area (Å²) in [5.41, 5.74) is 0.761. The van der Waals surface area contributed by atoms with Crippen LogP contribution < -0.4 is 5.32 Å². The Morgan fingerprint density at radius 3 is 2.59 bits per heavy atom. The van der Waals surface area contributed by atoms with Gasteiger partial charge in [0.15, 0.2) is 0 Å². The molecule has 1 aromatic rings. The highest BCUT2D eigenvalue weighted by atomic mass is 16.2. The average molecular weight is 305 g/mol. The molecule has 0 unspecified atom stereocenters. The summed E-state index contributed by atoms with van der Waals surface area (Å²) in [7, 11) is 1.85. The van der Waals surface area contributed by atoms with Crippen molar-refractivity contribution in [2.24, 2.45) is 13.0 Å². The van der Waals surface area contributed by atoms with Gasteiger partial charge in [-0.1, -0.05) is 19.3 Å². The Hall–Kier alpha value is -1.56. The second-order valence-electron chi connectivity index (χ2n) is 6.62. The lowest BCUT2D eigenvalue weighted by Crippen LogP contribution is -2.51. The van der Waals surface area contributed by atoms with Crippen LogP contribution in [0.25, 0.3) is 0 Å². The Kier molecular flexibility index (Phi) is 4.97. The standard InChI is InChI=1S/C16H27N5O/c1-19-13-15(11-17-19)18-16(22)21-9-7-20(8-10-21)12-14-5-3-2-4-6-14/h11,13-14H,2-10,12H2,1H3,(H,18,22). The van der Waals surface area contributed by atoms with E-state index in [0.717, 1.165) is 37.8 Å². The number of carbonyl (C=O) groups excluding carboxylic acids is 1. The van der Waals surface area contributed by atoms with Gasteiger partial charge in [0.05, 0.1) is 11.9 Å². The molecule has 1 aliphatic heterocycles. The van der Waals surface area contributed by atoms with Crippen molar-refractivity contribution in [3.8, 4) is 0 Å². The van der Waals surface area contributed by atoms with Crippen molar-refractivity contribution in [1.29, 1.82) is 0 Å². The van der Waals surface area contributed by atoms with E-state index in [0.29, 0.717) is 0 Å². The van der Waals surface area contributed by atoms with Crippen molar-refractivity contribution in [2.45, 2.75) is 32.1 Å². The number of piperazine rings is 1. The molecule has 122 valence electrons. The van der Waals surface area contributed by atoms with Gasteiger partial charge in [-0.15, -0.1) is 0 Å². The van der Waals surface area contributed by atoms with Crippen molar-refractivity contribution in [1.82, 2.24) is 19.6 Å². The lowest BCUT2D eigenvalue weighted by molar-refractivity contribution is 0.125. The van der Waals surface area contributed by atoms with Gasteiger partial charge >= 0.3 is 6.03 Å². The van der Waals surface area contributed by atoms with Crippen LogP contribution in [0.1, 0.15) is 32.1 Å². The van der Waals surface area contributed by atoms with E-state index >= 15 is 0 Å². The molecule has 2 aliphatic rings. The number of hydrogen-bond donors (Lipinski definition) is 1. The largest absolute Gasteiger partial charge is 0.322 e. The van der Waals surface area contributed by atoms with E-state index in [1.807, 2.05) is 18.1 Å². The molecule has 2 amide bonds. The molecule has 1 saturated carbocycles. The molecule has 1 aliphatic carbocycles. The number of nitrogens with zero attached hydrogens (tertiary/aromatic N) is 4. The van der Waals surface area contributed by atoms with Gasteiger partial charge in [0.2, 0.25) is 0 Å². The average Bonchev–Trinajstić information content (AvgIpc) is 2.94. The summed E-state index contributed by atoms with van der Waals surface area (Å²) in [5.74, 6) is 0.879. The van der Waals surface area contributed by atoms with E-state index in [2.05, 4.69) is 15.3 Å². The Labute approximate surface area is 132 Å². The first-order valence-electron chi connectivity index (χ1n) is 8.47. The fraction of sp³-hybridized carbons (Fsp3) is 0.750. The third-order valence-corrected chi connectivity index (χ3v) is 4.86. The molecule has 1 aromatic heterocycles. The molecule has 0 spiro atoms. The molecule has 2 heterocycles. The Bertz CT molecular complexity index is 486. The van der Waals surface area contributed by atoms with E-state index in [-0.39, 0.29) is 6.03 Å². The maximum Gasteiger partial charge on any atom is 0.322 e. The van der Waals surface area contributed by atoms with Crippen LogP contribution in [-0.2, 0) is 7.05 Å². The number of nitrogens with one attached hydrogen (secondary N) is 1. The quantitative estimate of drug-likeness (QED) is 0.931. The molecule has 6 heteroatoms. The highest BCUT2D eigenvalue weighted by Gasteiger charge is 2.24. The second-order valence-corrected chi connectivity index (χ2v) is 6.62. The van der Waals surface area contributed by atoms with Gasteiger partial charge in [0, 0.05) is 46.0 Å². The van der Waals surface area contributed by atoms with Crippen molar-refractivity contribution in [2.75, 3.05) is 38.0 Å². The van der Waals surface area contributed by atoms with Crippen LogP contribution in [0.3, 0.4) is 0 Å². The minimum Gasteiger partial charge on any atom is -0.322 e. The van der Waals surface area contributed by atoms with Crippen LogP contribution in [0.5, 0.6) is 0 Å². The van der Waals surface area contributed by atoms with Crippen LogP contribution in [0.2, 0.25) is 0 Å². The molecule has 0 aromatic carbocycles. The Morgan fingerprint density at radius 1 is 1.23 bits per heavy atom. The first kappa shape index (κ1) is 15.3. The minimum absolute atomic E-state index is 0.00897. The molecular formula is C16H27N5O. The molecular weight excluding hydrogens is 278 g/mol. The molecule has 2 fully saturated rings. The number of aromatic nitrogens is 2. The fourth-order valence-corrected chi connectivity index (χ4v) is 3.56. The lowest BCUT2D eigenvalue weighted by atomic mass is 9.89. The number of amides is 2. The summed E-state index contributed by atoms with van der Waals surface area (Å²) in [6.45, 7) is 4.85. The number of aryl methyl sites for hydroxylation is 1. The summed E-state index contributed by atoms with van der Waals surface area (Å²) in [5, 5.41) is 6.98. The van der Waals surface area contributed by atoms with Crippen molar-refractivity contribution in [3.05, 3.63) is 12.4 Å².